The lowest BCUT2D eigenvalue weighted by atomic mass is 10.1. The maximum atomic E-state index is 12.4. The zero-order valence-electron chi connectivity index (χ0n) is 15.7. The predicted molar refractivity (Wildman–Crippen MR) is 101 cm³/mol. The molecule has 0 unspecified atom stereocenters. The zero-order chi connectivity index (χ0) is 19.9. The van der Waals surface area contributed by atoms with Crippen molar-refractivity contribution in [2.24, 2.45) is 0 Å². The summed E-state index contributed by atoms with van der Waals surface area (Å²) in [6.45, 7) is 2.13. The summed E-state index contributed by atoms with van der Waals surface area (Å²) in [5, 5.41) is 11.6. The highest BCUT2D eigenvalue weighted by atomic mass is 16.5. The fourth-order valence-electron chi connectivity index (χ4n) is 2.64. The number of carboxylic acid groups (broad SMARTS) is 1. The van der Waals surface area contributed by atoms with Crippen molar-refractivity contribution < 1.29 is 24.2 Å². The molecule has 0 radical (unpaired) electrons. The molecule has 1 fully saturated rings. The number of benzene rings is 1. The van der Waals surface area contributed by atoms with Gasteiger partial charge in [-0.2, -0.15) is 0 Å². The molecule has 0 aliphatic heterocycles. The van der Waals surface area contributed by atoms with Crippen molar-refractivity contribution in [1.29, 1.82) is 0 Å². The van der Waals surface area contributed by atoms with E-state index >= 15 is 0 Å². The van der Waals surface area contributed by atoms with E-state index in [1.54, 1.807) is 19.1 Å². The predicted octanol–water partition coefficient (Wildman–Crippen LogP) is 2.19. The Morgan fingerprint density at radius 3 is 2.57 bits per heavy atom. The Labute approximate surface area is 162 Å². The molecule has 8 heteroatoms. The van der Waals surface area contributed by atoms with Crippen LogP contribution in [0.4, 0.5) is 0 Å². The van der Waals surface area contributed by atoms with E-state index < -0.39 is 12.6 Å². The molecule has 8 nitrogen and oxygen atoms in total. The zero-order valence-corrected chi connectivity index (χ0v) is 15.7. The maximum Gasteiger partial charge on any atom is 0.341 e. The van der Waals surface area contributed by atoms with E-state index in [2.05, 4.69) is 15.3 Å². The van der Waals surface area contributed by atoms with Crippen molar-refractivity contribution in [3.63, 3.8) is 0 Å². The highest BCUT2D eigenvalue weighted by Gasteiger charge is 2.26. The highest BCUT2D eigenvalue weighted by Crippen LogP contribution is 2.37. The van der Waals surface area contributed by atoms with Crippen LogP contribution in [-0.4, -0.2) is 46.7 Å². The van der Waals surface area contributed by atoms with Gasteiger partial charge in [0.15, 0.2) is 18.1 Å². The van der Waals surface area contributed by atoms with Crippen LogP contribution in [0.15, 0.2) is 30.6 Å². The number of carbonyl (C=O) groups is 2. The van der Waals surface area contributed by atoms with E-state index in [1.165, 1.54) is 18.9 Å². The van der Waals surface area contributed by atoms with Crippen molar-refractivity contribution in [3.05, 3.63) is 47.5 Å². The fourth-order valence-corrected chi connectivity index (χ4v) is 2.64. The van der Waals surface area contributed by atoms with Crippen LogP contribution in [0.25, 0.3) is 0 Å². The molecule has 0 bridgehead atoms. The monoisotopic (exact) mass is 385 g/mol. The van der Waals surface area contributed by atoms with Crippen molar-refractivity contribution >= 4 is 11.9 Å². The minimum atomic E-state index is -1.08. The number of nitrogens with zero attached hydrogens (tertiary/aromatic N) is 2. The molecule has 148 valence electrons. The lowest BCUT2D eigenvalue weighted by Gasteiger charge is -2.12. The Morgan fingerprint density at radius 1 is 1.18 bits per heavy atom. The molecule has 2 N–H and O–H groups in total. The molecule has 28 heavy (non-hydrogen) atoms. The Balaban J connectivity index is 1.55. The number of carbonyl (C=O) groups excluding carboxylic acids is 1. The first kappa shape index (κ1) is 19.6. The Bertz CT molecular complexity index is 834. The van der Waals surface area contributed by atoms with Gasteiger partial charge in [-0.15, -0.1) is 0 Å². The number of nitrogens with one attached hydrogen (secondary N) is 1. The number of aromatic nitrogens is 2. The number of aliphatic carboxylic acids is 1. The second kappa shape index (κ2) is 9.16. The molecule has 1 aliphatic carbocycles. The van der Waals surface area contributed by atoms with E-state index in [0.29, 0.717) is 36.8 Å². The third-order valence-electron chi connectivity index (χ3n) is 4.22. The lowest BCUT2D eigenvalue weighted by Crippen LogP contribution is -2.25. The van der Waals surface area contributed by atoms with E-state index in [0.717, 1.165) is 11.4 Å². The first-order chi connectivity index (χ1) is 13.6. The molecule has 1 aromatic heterocycles. The van der Waals surface area contributed by atoms with E-state index in [4.69, 9.17) is 14.6 Å². The molecule has 3 rings (SSSR count). The van der Waals surface area contributed by atoms with Gasteiger partial charge in [-0.3, -0.25) is 4.79 Å². The Morgan fingerprint density at radius 2 is 1.93 bits per heavy atom. The summed E-state index contributed by atoms with van der Waals surface area (Å²) < 4.78 is 10.6. The normalized spacial score (nSPS) is 13.0. The Kier molecular flexibility index (Phi) is 6.41. The van der Waals surface area contributed by atoms with Gasteiger partial charge >= 0.3 is 5.97 Å². The number of ether oxygens (including phenoxy) is 2. The minimum absolute atomic E-state index is 0.249. The summed E-state index contributed by atoms with van der Waals surface area (Å²) >= 11 is 0. The summed E-state index contributed by atoms with van der Waals surface area (Å²) in [6.07, 6.45) is 6.59. The average Bonchev–Trinajstić information content (AvgIpc) is 3.53. The smallest absolute Gasteiger partial charge is 0.341 e. The van der Waals surface area contributed by atoms with Gasteiger partial charge < -0.3 is 19.9 Å². The largest absolute Gasteiger partial charge is 0.490 e. The molecule has 0 atom stereocenters. The SMILES string of the molecule is CCOc1cc(C(=O)NCCc2cnc(C3CC3)nc2)ccc1OCC(=O)O. The van der Waals surface area contributed by atoms with Crippen LogP contribution >= 0.6 is 0 Å². The van der Waals surface area contributed by atoms with Crippen molar-refractivity contribution in [2.45, 2.75) is 32.1 Å². The second-order valence-corrected chi connectivity index (χ2v) is 6.51. The van der Waals surface area contributed by atoms with Crippen LogP contribution in [0.2, 0.25) is 0 Å². The maximum absolute atomic E-state index is 12.4. The second-order valence-electron chi connectivity index (χ2n) is 6.51. The van der Waals surface area contributed by atoms with Crippen LogP contribution in [0.3, 0.4) is 0 Å². The number of carboxylic acids is 1. The van der Waals surface area contributed by atoms with Crippen molar-refractivity contribution in [3.8, 4) is 11.5 Å². The topological polar surface area (TPSA) is 111 Å². The number of hydrogen-bond acceptors (Lipinski definition) is 6. The first-order valence-corrected chi connectivity index (χ1v) is 9.27. The fraction of sp³-hybridized carbons (Fsp3) is 0.400. The summed E-state index contributed by atoms with van der Waals surface area (Å²) in [6, 6.07) is 4.65. The van der Waals surface area contributed by atoms with Gasteiger partial charge in [0, 0.05) is 30.4 Å². The number of rotatable bonds is 10. The van der Waals surface area contributed by atoms with E-state index in [9.17, 15) is 9.59 Å². The molecule has 0 spiro atoms. The lowest BCUT2D eigenvalue weighted by molar-refractivity contribution is -0.139. The number of amides is 1. The van der Waals surface area contributed by atoms with Gasteiger partial charge in [0.1, 0.15) is 5.82 Å². The summed E-state index contributed by atoms with van der Waals surface area (Å²) in [5.41, 5.74) is 1.38. The molecule has 1 saturated carbocycles. The first-order valence-electron chi connectivity index (χ1n) is 9.27. The molecular formula is C20H23N3O5. The summed E-state index contributed by atoms with van der Waals surface area (Å²) in [4.78, 5) is 31.8. The van der Waals surface area contributed by atoms with Crippen LogP contribution in [0.5, 0.6) is 11.5 Å². The quantitative estimate of drug-likeness (QED) is 0.645. The average molecular weight is 385 g/mol. The molecule has 1 aliphatic rings. The highest BCUT2D eigenvalue weighted by molar-refractivity contribution is 5.94. The van der Waals surface area contributed by atoms with E-state index in [-0.39, 0.29) is 11.7 Å². The molecule has 1 amide bonds. The Hall–Kier alpha value is -3.16. The molecule has 1 heterocycles. The molecule has 0 saturated heterocycles. The minimum Gasteiger partial charge on any atom is -0.490 e. The van der Waals surface area contributed by atoms with E-state index in [1.807, 2.05) is 12.4 Å². The van der Waals surface area contributed by atoms with Gasteiger partial charge in [0.2, 0.25) is 0 Å². The van der Waals surface area contributed by atoms with Crippen LogP contribution in [0.1, 0.15) is 47.4 Å². The molecule has 1 aromatic carbocycles. The van der Waals surface area contributed by atoms with Crippen molar-refractivity contribution in [2.75, 3.05) is 19.8 Å². The molecule has 2 aromatic rings. The third-order valence-corrected chi connectivity index (χ3v) is 4.22. The summed E-state index contributed by atoms with van der Waals surface area (Å²) in [5.74, 6) is 0.714. The van der Waals surface area contributed by atoms with Crippen LogP contribution in [-0.2, 0) is 11.2 Å². The van der Waals surface area contributed by atoms with Gasteiger partial charge in [0.25, 0.3) is 5.91 Å². The van der Waals surface area contributed by atoms with Gasteiger partial charge in [0.05, 0.1) is 6.61 Å². The van der Waals surface area contributed by atoms with Crippen LogP contribution in [0, 0.1) is 0 Å². The van der Waals surface area contributed by atoms with Gasteiger partial charge in [-0.05, 0) is 49.9 Å². The summed E-state index contributed by atoms with van der Waals surface area (Å²) in [7, 11) is 0. The van der Waals surface area contributed by atoms with Crippen LogP contribution < -0.4 is 14.8 Å². The number of hydrogen-bond donors (Lipinski definition) is 2. The van der Waals surface area contributed by atoms with Gasteiger partial charge in [-0.1, -0.05) is 0 Å². The van der Waals surface area contributed by atoms with Crippen molar-refractivity contribution in [1.82, 2.24) is 15.3 Å². The van der Waals surface area contributed by atoms with Gasteiger partial charge in [-0.25, -0.2) is 14.8 Å². The third kappa shape index (κ3) is 5.42. The standard InChI is InChI=1S/C20H23N3O5/c1-2-27-17-9-15(5-6-16(17)28-12-18(24)25)20(26)21-8-7-13-10-22-19(23-11-13)14-3-4-14/h5-6,9-11,14H,2-4,7-8,12H2,1H3,(H,21,26)(H,24,25). The molecular weight excluding hydrogens is 362 g/mol.